The van der Waals surface area contributed by atoms with Crippen molar-refractivity contribution in [2.75, 3.05) is 13.2 Å². The van der Waals surface area contributed by atoms with Crippen molar-refractivity contribution in [2.45, 2.75) is 102 Å². The maximum atomic E-state index is 13.4. The Labute approximate surface area is 311 Å². The van der Waals surface area contributed by atoms with Gasteiger partial charge in [-0.3, -0.25) is 33.8 Å². The monoisotopic (exact) mass is 767 g/mol. The lowest BCUT2D eigenvalue weighted by atomic mass is 10.0. The van der Waals surface area contributed by atoms with Crippen LogP contribution in [-0.4, -0.2) is 128 Å². The predicted octanol–water partition coefficient (Wildman–Crippen LogP) is -3.89. The molecule has 0 spiro atoms. The van der Waals surface area contributed by atoms with Gasteiger partial charge in [-0.1, -0.05) is 26.0 Å². The number of carbonyl (C=O) groups excluding carboxylic acids is 5. The zero-order chi connectivity index (χ0) is 41.1. The molecule has 0 aromatic heterocycles. The van der Waals surface area contributed by atoms with E-state index in [2.05, 4.69) is 31.6 Å². The van der Waals surface area contributed by atoms with Gasteiger partial charge in [0.1, 0.15) is 36.0 Å². The highest BCUT2D eigenvalue weighted by Crippen LogP contribution is 2.12. The normalized spacial score (nSPS) is 14.9. The number of carboxylic acid groups (broad SMARTS) is 2. The van der Waals surface area contributed by atoms with Crippen molar-refractivity contribution in [3.05, 3.63) is 29.8 Å². The number of aliphatic hydroxyl groups excluding tert-OH is 2. The number of hydrogen-bond acceptors (Lipinski definition) is 12. The van der Waals surface area contributed by atoms with Crippen LogP contribution in [-0.2, 0) is 40.0 Å². The van der Waals surface area contributed by atoms with E-state index in [0.717, 1.165) is 0 Å². The number of aliphatic imine (C=N–C) groups is 1. The number of phenolic OH excluding ortho intramolecular Hbond substituents is 1. The van der Waals surface area contributed by atoms with Crippen molar-refractivity contribution >= 4 is 47.4 Å². The van der Waals surface area contributed by atoms with E-state index in [1.165, 1.54) is 31.2 Å². The number of benzene rings is 1. The average molecular weight is 768 g/mol. The van der Waals surface area contributed by atoms with E-state index >= 15 is 0 Å². The third-order valence-electron chi connectivity index (χ3n) is 7.79. The third-order valence-corrected chi connectivity index (χ3v) is 7.79. The van der Waals surface area contributed by atoms with Crippen LogP contribution in [0.15, 0.2) is 29.3 Å². The van der Waals surface area contributed by atoms with Crippen LogP contribution in [0, 0.1) is 5.92 Å². The van der Waals surface area contributed by atoms with Crippen LogP contribution in [0.2, 0.25) is 0 Å². The van der Waals surface area contributed by atoms with Crippen LogP contribution in [0.3, 0.4) is 0 Å². The first-order chi connectivity index (χ1) is 25.2. The lowest BCUT2D eigenvalue weighted by Crippen LogP contribution is -2.61. The second-order valence-electron chi connectivity index (χ2n) is 13.0. The Morgan fingerprint density at radius 2 is 1.28 bits per heavy atom. The van der Waals surface area contributed by atoms with Crippen molar-refractivity contribution in [1.82, 2.24) is 26.6 Å². The molecule has 0 aliphatic heterocycles. The van der Waals surface area contributed by atoms with Crippen LogP contribution < -0.4 is 43.8 Å². The summed E-state index contributed by atoms with van der Waals surface area (Å²) in [6.45, 7) is 3.67. The first kappa shape index (κ1) is 46.5. The van der Waals surface area contributed by atoms with Gasteiger partial charge in [0.15, 0.2) is 5.96 Å². The largest absolute Gasteiger partial charge is 0.508 e. The highest BCUT2D eigenvalue weighted by Gasteiger charge is 2.34. The molecule has 5 amide bonds. The van der Waals surface area contributed by atoms with Gasteiger partial charge in [-0.15, -0.1) is 0 Å². The molecule has 1 aromatic rings. The average Bonchev–Trinajstić information content (AvgIpc) is 3.08. The van der Waals surface area contributed by atoms with Crippen molar-refractivity contribution in [2.24, 2.45) is 28.1 Å². The number of rotatable bonds is 24. The molecule has 0 fully saturated rings. The first-order valence-corrected chi connectivity index (χ1v) is 17.1. The van der Waals surface area contributed by atoms with Gasteiger partial charge in [-0.05, 0) is 62.6 Å². The highest BCUT2D eigenvalue weighted by atomic mass is 16.4. The minimum atomic E-state index is -1.71. The molecule has 7 unspecified atom stereocenters. The zero-order valence-corrected chi connectivity index (χ0v) is 30.4. The van der Waals surface area contributed by atoms with Gasteiger partial charge in [-0.2, -0.15) is 0 Å². The lowest BCUT2D eigenvalue weighted by molar-refractivity contribution is -0.143. The minimum absolute atomic E-state index is 0.00122. The number of nitrogens with zero attached hydrogens (tertiary/aromatic N) is 1. The Kier molecular flexibility index (Phi) is 20.0. The minimum Gasteiger partial charge on any atom is -0.508 e. The quantitative estimate of drug-likeness (QED) is 0.0272. The summed E-state index contributed by atoms with van der Waals surface area (Å²) in [5.74, 6) is -8.09. The van der Waals surface area contributed by atoms with Crippen molar-refractivity contribution < 1.29 is 59.1 Å². The Morgan fingerprint density at radius 3 is 1.80 bits per heavy atom. The van der Waals surface area contributed by atoms with Gasteiger partial charge in [0.2, 0.25) is 29.5 Å². The number of phenols is 1. The van der Waals surface area contributed by atoms with Gasteiger partial charge < -0.3 is 69.3 Å². The summed E-state index contributed by atoms with van der Waals surface area (Å²) < 4.78 is 0. The number of carbonyl (C=O) groups is 7. The van der Waals surface area contributed by atoms with Gasteiger partial charge in [-0.25, -0.2) is 4.79 Å². The molecule has 7 atom stereocenters. The summed E-state index contributed by atoms with van der Waals surface area (Å²) in [6, 6.07) is -3.07. The molecule has 21 nitrogen and oxygen atoms in total. The fraction of sp³-hybridized carbons (Fsp3) is 0.576. The standard InChI is InChI=1S/C33H53N9O12/c1-16(2)13-23(29(50)42-26(17(3)44)31(52)39-22(32(53)54)5-4-12-37-33(35)36)40-30(51)24(15-43)41-28(49)21(10-11-25(46)47)38-27(48)20(34)14-18-6-8-19(45)9-7-18/h6-9,16-17,20-24,26,43-45H,4-5,10-15,34H2,1-3H3,(H,38,48)(H,39,52)(H,40,51)(H,41,49)(H,42,50)(H,46,47)(H,53,54)(H4,35,36,37). The molecule has 1 rings (SSSR count). The highest BCUT2D eigenvalue weighted by molar-refractivity contribution is 5.96. The van der Waals surface area contributed by atoms with Crippen LogP contribution in [0.5, 0.6) is 5.75 Å². The second-order valence-corrected chi connectivity index (χ2v) is 13.0. The first-order valence-electron chi connectivity index (χ1n) is 17.1. The Hall–Kier alpha value is -5.54. The van der Waals surface area contributed by atoms with Crippen LogP contribution >= 0.6 is 0 Å². The number of aliphatic hydroxyl groups is 2. The molecule has 54 heavy (non-hydrogen) atoms. The number of aliphatic carboxylic acids is 2. The molecular weight excluding hydrogens is 714 g/mol. The molecule has 0 bridgehead atoms. The molecule has 302 valence electrons. The lowest BCUT2D eigenvalue weighted by Gasteiger charge is -2.28. The van der Waals surface area contributed by atoms with E-state index in [-0.39, 0.29) is 49.9 Å². The van der Waals surface area contributed by atoms with Crippen molar-refractivity contribution in [1.29, 1.82) is 0 Å². The van der Waals surface area contributed by atoms with Gasteiger partial charge >= 0.3 is 11.9 Å². The molecule has 0 aliphatic rings. The Morgan fingerprint density at radius 1 is 0.741 bits per heavy atom. The molecule has 0 radical (unpaired) electrons. The maximum Gasteiger partial charge on any atom is 0.326 e. The third kappa shape index (κ3) is 17.3. The fourth-order valence-electron chi connectivity index (χ4n) is 4.92. The SMILES string of the molecule is CC(C)CC(NC(=O)C(CO)NC(=O)C(CCC(=O)O)NC(=O)C(N)Cc1ccc(O)cc1)C(=O)NC(C(=O)NC(CCCN=C(N)N)C(=O)O)C(C)O. The fourth-order valence-corrected chi connectivity index (χ4v) is 4.92. The van der Waals surface area contributed by atoms with Gasteiger partial charge in [0, 0.05) is 13.0 Å². The summed E-state index contributed by atoms with van der Waals surface area (Å²) >= 11 is 0. The maximum absolute atomic E-state index is 13.4. The van der Waals surface area contributed by atoms with Crippen LogP contribution in [0.1, 0.15) is 58.4 Å². The van der Waals surface area contributed by atoms with E-state index in [9.17, 15) is 59.1 Å². The summed E-state index contributed by atoms with van der Waals surface area (Å²) in [5, 5.41) is 60.1. The molecule has 0 saturated carbocycles. The number of guanidine groups is 1. The topological polar surface area (TPSA) is 371 Å². The van der Waals surface area contributed by atoms with Gasteiger partial charge in [0.05, 0.1) is 18.8 Å². The molecule has 21 heteroatoms. The Bertz CT molecular complexity index is 1470. The molecule has 0 aliphatic carbocycles. The molecule has 1 aromatic carbocycles. The van der Waals surface area contributed by atoms with E-state index in [1.807, 2.05) is 0 Å². The number of amides is 5. The van der Waals surface area contributed by atoms with E-state index in [4.69, 9.17) is 17.2 Å². The predicted molar refractivity (Wildman–Crippen MR) is 192 cm³/mol. The number of nitrogens with one attached hydrogen (secondary N) is 5. The smallest absolute Gasteiger partial charge is 0.326 e. The molecule has 0 saturated heterocycles. The van der Waals surface area contributed by atoms with Crippen LogP contribution in [0.25, 0.3) is 0 Å². The second kappa shape index (κ2) is 23.2. The van der Waals surface area contributed by atoms with Crippen molar-refractivity contribution in [3.8, 4) is 5.75 Å². The summed E-state index contributed by atoms with van der Waals surface area (Å²) in [5.41, 5.74) is 17.1. The van der Waals surface area contributed by atoms with Crippen LogP contribution in [0.4, 0.5) is 0 Å². The summed E-state index contributed by atoms with van der Waals surface area (Å²) in [4.78, 5) is 92.6. The zero-order valence-electron chi connectivity index (χ0n) is 30.4. The Balaban J connectivity index is 3.08. The summed E-state index contributed by atoms with van der Waals surface area (Å²) in [7, 11) is 0. The number of carboxylic acids is 2. The molecule has 16 N–H and O–H groups in total. The summed E-state index contributed by atoms with van der Waals surface area (Å²) in [6.07, 6.45) is -2.47. The molecule has 0 heterocycles. The van der Waals surface area contributed by atoms with E-state index in [0.29, 0.717) is 5.56 Å². The molecular formula is C33H53N9O12. The number of hydrogen-bond donors (Lipinski definition) is 13. The number of aromatic hydroxyl groups is 1. The van der Waals surface area contributed by atoms with E-state index in [1.54, 1.807) is 13.8 Å². The number of nitrogens with two attached hydrogens (primary N) is 3. The van der Waals surface area contributed by atoms with E-state index < -0.39 is 103 Å². The van der Waals surface area contributed by atoms with Crippen molar-refractivity contribution in [3.63, 3.8) is 0 Å². The van der Waals surface area contributed by atoms with Gasteiger partial charge in [0.25, 0.3) is 0 Å².